The molecule has 0 aromatic heterocycles. The molecule has 1 N–H and O–H groups in total. The molecule has 1 unspecified atom stereocenters. The van der Waals surface area contributed by atoms with Crippen molar-refractivity contribution < 1.29 is 5.11 Å². The van der Waals surface area contributed by atoms with Crippen molar-refractivity contribution >= 4 is 12.6 Å². The largest absolute Gasteiger partial charge is 0.396 e. The number of unbranched alkanes of at least 4 members (excludes halogenated alkanes) is 7. The van der Waals surface area contributed by atoms with Crippen LogP contribution in [0.5, 0.6) is 0 Å². The Morgan fingerprint density at radius 3 is 1.93 bits per heavy atom. The quantitative estimate of drug-likeness (QED) is 0.404. The minimum absolute atomic E-state index is 0.283. The molecule has 1 nitrogen and oxygen atoms in total. The molecule has 92 valence electrons. The first-order valence-electron chi connectivity index (χ1n) is 6.60. The third kappa shape index (κ3) is 12.2. The van der Waals surface area contributed by atoms with Crippen LogP contribution in [0.15, 0.2) is 0 Å². The van der Waals surface area contributed by atoms with Crippen molar-refractivity contribution in [3.05, 3.63) is 0 Å². The Morgan fingerprint density at radius 1 is 0.867 bits per heavy atom. The van der Waals surface area contributed by atoms with Crippen LogP contribution in [0.3, 0.4) is 0 Å². The molecule has 0 saturated heterocycles. The van der Waals surface area contributed by atoms with E-state index in [0.29, 0.717) is 5.25 Å². The van der Waals surface area contributed by atoms with E-state index in [2.05, 4.69) is 19.6 Å². The normalized spacial score (nSPS) is 13.0. The molecule has 0 saturated carbocycles. The molecule has 0 aromatic rings. The summed E-state index contributed by atoms with van der Waals surface area (Å²) in [5.41, 5.74) is 0. The molecule has 0 spiro atoms. The standard InChI is InChI=1S/C13H28OS/c1-2-3-4-5-6-7-8-9-10-13(15)11-12-14/h13-15H,2-12H2,1H3. The highest BCUT2D eigenvalue weighted by molar-refractivity contribution is 7.80. The Hall–Kier alpha value is 0.310. The molecule has 1 atom stereocenters. The van der Waals surface area contributed by atoms with Gasteiger partial charge in [-0.25, -0.2) is 0 Å². The number of hydrogen-bond acceptors (Lipinski definition) is 2. The van der Waals surface area contributed by atoms with Crippen molar-refractivity contribution in [2.75, 3.05) is 6.61 Å². The lowest BCUT2D eigenvalue weighted by Gasteiger charge is -2.07. The minimum atomic E-state index is 0.283. The summed E-state index contributed by atoms with van der Waals surface area (Å²) in [7, 11) is 0. The second-order valence-corrected chi connectivity index (χ2v) is 5.16. The van der Waals surface area contributed by atoms with E-state index < -0.39 is 0 Å². The molecule has 2 heteroatoms. The van der Waals surface area contributed by atoms with Gasteiger partial charge in [-0.05, 0) is 12.8 Å². The van der Waals surface area contributed by atoms with Gasteiger partial charge in [-0.2, -0.15) is 12.6 Å². The van der Waals surface area contributed by atoms with Gasteiger partial charge in [0.25, 0.3) is 0 Å². The summed E-state index contributed by atoms with van der Waals surface area (Å²) < 4.78 is 0. The van der Waals surface area contributed by atoms with Gasteiger partial charge < -0.3 is 5.11 Å². The average molecular weight is 232 g/mol. The fraction of sp³-hybridized carbons (Fsp3) is 1.00. The summed E-state index contributed by atoms with van der Waals surface area (Å²) in [6, 6.07) is 0. The van der Waals surface area contributed by atoms with Gasteiger partial charge in [-0.1, -0.05) is 58.3 Å². The fourth-order valence-corrected chi connectivity index (χ4v) is 2.11. The summed E-state index contributed by atoms with van der Waals surface area (Å²) in [6.45, 7) is 2.54. The average Bonchev–Trinajstić information content (AvgIpc) is 2.22. The van der Waals surface area contributed by atoms with Crippen LogP contribution in [0.4, 0.5) is 0 Å². The molecule has 0 heterocycles. The highest BCUT2D eigenvalue weighted by Gasteiger charge is 2.01. The predicted molar refractivity (Wildman–Crippen MR) is 71.7 cm³/mol. The number of rotatable bonds is 11. The number of aliphatic hydroxyl groups is 1. The first kappa shape index (κ1) is 15.3. The van der Waals surface area contributed by atoms with E-state index in [-0.39, 0.29) is 6.61 Å². The first-order valence-corrected chi connectivity index (χ1v) is 7.11. The molecule has 0 rings (SSSR count). The Balaban J connectivity index is 2.98. The van der Waals surface area contributed by atoms with E-state index in [0.717, 1.165) is 6.42 Å². The van der Waals surface area contributed by atoms with Crippen molar-refractivity contribution in [3.8, 4) is 0 Å². The lowest BCUT2D eigenvalue weighted by Crippen LogP contribution is -2.01. The summed E-state index contributed by atoms with van der Waals surface area (Å²) in [5.74, 6) is 0. The zero-order valence-electron chi connectivity index (χ0n) is 10.2. The van der Waals surface area contributed by atoms with Crippen molar-refractivity contribution in [1.82, 2.24) is 0 Å². The van der Waals surface area contributed by atoms with Crippen molar-refractivity contribution in [2.24, 2.45) is 0 Å². The van der Waals surface area contributed by atoms with E-state index >= 15 is 0 Å². The van der Waals surface area contributed by atoms with Gasteiger partial charge in [0.1, 0.15) is 0 Å². The Morgan fingerprint density at radius 2 is 1.40 bits per heavy atom. The number of thiol groups is 1. The maximum Gasteiger partial charge on any atom is 0.0441 e. The summed E-state index contributed by atoms with van der Waals surface area (Å²) in [4.78, 5) is 0. The zero-order valence-corrected chi connectivity index (χ0v) is 11.1. The third-order valence-corrected chi connectivity index (χ3v) is 3.37. The highest BCUT2D eigenvalue weighted by atomic mass is 32.1. The highest BCUT2D eigenvalue weighted by Crippen LogP contribution is 2.14. The van der Waals surface area contributed by atoms with E-state index in [4.69, 9.17) is 5.11 Å². The van der Waals surface area contributed by atoms with Gasteiger partial charge >= 0.3 is 0 Å². The van der Waals surface area contributed by atoms with Crippen LogP contribution in [0.2, 0.25) is 0 Å². The molecule has 0 aliphatic rings. The predicted octanol–water partition coefficient (Wildman–Crippen LogP) is 4.20. The van der Waals surface area contributed by atoms with Gasteiger partial charge in [0.2, 0.25) is 0 Å². The maximum atomic E-state index is 8.71. The number of aliphatic hydroxyl groups excluding tert-OH is 1. The van der Waals surface area contributed by atoms with Crippen molar-refractivity contribution in [3.63, 3.8) is 0 Å². The van der Waals surface area contributed by atoms with Gasteiger partial charge in [0.05, 0.1) is 0 Å². The van der Waals surface area contributed by atoms with Crippen LogP contribution in [-0.2, 0) is 0 Å². The molecule has 0 bridgehead atoms. The lowest BCUT2D eigenvalue weighted by atomic mass is 10.1. The van der Waals surface area contributed by atoms with Crippen molar-refractivity contribution in [2.45, 2.75) is 76.4 Å². The van der Waals surface area contributed by atoms with Crippen LogP contribution in [0.25, 0.3) is 0 Å². The van der Waals surface area contributed by atoms with Crippen LogP contribution in [0, 0.1) is 0 Å². The number of hydrogen-bond donors (Lipinski definition) is 2. The topological polar surface area (TPSA) is 20.2 Å². The van der Waals surface area contributed by atoms with Crippen LogP contribution >= 0.6 is 12.6 Å². The van der Waals surface area contributed by atoms with Gasteiger partial charge in [0, 0.05) is 11.9 Å². The van der Waals surface area contributed by atoms with E-state index in [1.165, 1.54) is 57.8 Å². The molecule has 0 aromatic carbocycles. The van der Waals surface area contributed by atoms with Crippen LogP contribution in [0.1, 0.15) is 71.1 Å². The molecule has 0 amide bonds. The van der Waals surface area contributed by atoms with Gasteiger partial charge in [-0.15, -0.1) is 0 Å². The Kier molecular flexibility index (Phi) is 12.6. The summed E-state index contributed by atoms with van der Waals surface area (Å²) in [6.07, 6.45) is 13.0. The lowest BCUT2D eigenvalue weighted by molar-refractivity contribution is 0.285. The zero-order chi connectivity index (χ0) is 11.4. The monoisotopic (exact) mass is 232 g/mol. The Labute approximate surface area is 101 Å². The second kappa shape index (κ2) is 12.4. The summed E-state index contributed by atoms with van der Waals surface area (Å²) >= 11 is 4.42. The fourth-order valence-electron chi connectivity index (χ4n) is 1.81. The molecule has 0 aliphatic heterocycles. The van der Waals surface area contributed by atoms with E-state index in [1.807, 2.05) is 0 Å². The minimum Gasteiger partial charge on any atom is -0.396 e. The second-order valence-electron chi connectivity index (χ2n) is 4.43. The van der Waals surface area contributed by atoms with E-state index in [1.54, 1.807) is 0 Å². The molecular formula is C13H28OS. The van der Waals surface area contributed by atoms with Crippen molar-refractivity contribution in [1.29, 1.82) is 0 Å². The smallest absolute Gasteiger partial charge is 0.0441 e. The Bertz CT molecular complexity index is 117. The molecule has 0 fully saturated rings. The molecule has 15 heavy (non-hydrogen) atoms. The van der Waals surface area contributed by atoms with Crippen LogP contribution in [-0.4, -0.2) is 17.0 Å². The van der Waals surface area contributed by atoms with Crippen LogP contribution < -0.4 is 0 Å². The molecule has 0 radical (unpaired) electrons. The maximum absolute atomic E-state index is 8.71. The van der Waals surface area contributed by atoms with Gasteiger partial charge in [-0.3, -0.25) is 0 Å². The molecule has 0 aliphatic carbocycles. The molecular weight excluding hydrogens is 204 g/mol. The SMILES string of the molecule is CCCCCCCCCCC(S)CCO. The van der Waals surface area contributed by atoms with E-state index in [9.17, 15) is 0 Å². The third-order valence-electron chi connectivity index (χ3n) is 2.85. The summed E-state index contributed by atoms with van der Waals surface area (Å²) in [5, 5.41) is 9.12. The first-order chi connectivity index (χ1) is 7.31. The van der Waals surface area contributed by atoms with Gasteiger partial charge in [0.15, 0.2) is 0 Å².